The average Bonchev–Trinajstić information content (AvgIpc) is 2.44. The molecule has 2 rings (SSSR count). The van der Waals surface area contributed by atoms with Crippen LogP contribution in [0.15, 0.2) is 36.4 Å². The lowest BCUT2D eigenvalue weighted by Crippen LogP contribution is -2.14. The Bertz CT molecular complexity index is 599. The molecule has 0 aliphatic rings. The van der Waals surface area contributed by atoms with E-state index in [-0.39, 0.29) is 5.02 Å². The molecule has 0 saturated heterocycles. The molecule has 4 heteroatoms. The molecule has 2 aromatic carbocycles. The van der Waals surface area contributed by atoms with Gasteiger partial charge in [0.2, 0.25) is 0 Å². The first-order valence-electron chi connectivity index (χ1n) is 6.57. The van der Waals surface area contributed by atoms with Gasteiger partial charge in [-0.05, 0) is 36.2 Å². The molecule has 1 N–H and O–H groups in total. The molecule has 1 nitrogen and oxygen atoms in total. The molecule has 2 aromatic rings. The summed E-state index contributed by atoms with van der Waals surface area (Å²) < 4.78 is 26.6. The van der Waals surface area contributed by atoms with Crippen molar-refractivity contribution in [3.8, 4) is 11.1 Å². The van der Waals surface area contributed by atoms with Crippen LogP contribution in [0, 0.1) is 11.6 Å². The molecule has 0 aromatic heterocycles. The van der Waals surface area contributed by atoms with Crippen molar-refractivity contribution in [2.45, 2.75) is 19.9 Å². The zero-order chi connectivity index (χ0) is 14.5. The fraction of sp³-hybridized carbons (Fsp3) is 0.250. The second-order valence-corrected chi connectivity index (χ2v) is 4.99. The van der Waals surface area contributed by atoms with Crippen molar-refractivity contribution in [2.24, 2.45) is 0 Å². The smallest absolute Gasteiger partial charge is 0.160 e. The zero-order valence-electron chi connectivity index (χ0n) is 11.2. The summed E-state index contributed by atoms with van der Waals surface area (Å²) in [5.74, 6) is -1.82. The number of nitrogens with one attached hydrogen (secondary N) is 1. The monoisotopic (exact) mass is 295 g/mol. The lowest BCUT2D eigenvalue weighted by Gasteiger charge is -2.12. The minimum atomic E-state index is -0.930. The van der Waals surface area contributed by atoms with Crippen LogP contribution in [0.4, 0.5) is 8.78 Å². The largest absolute Gasteiger partial charge is 0.313 e. The van der Waals surface area contributed by atoms with Crippen LogP contribution >= 0.6 is 11.6 Å². The van der Waals surface area contributed by atoms with Crippen LogP contribution in [-0.2, 0) is 6.54 Å². The van der Waals surface area contributed by atoms with E-state index in [1.165, 1.54) is 0 Å². The van der Waals surface area contributed by atoms with Crippen LogP contribution in [0.3, 0.4) is 0 Å². The molecule has 0 amide bonds. The molecule has 0 aliphatic heterocycles. The SMILES string of the molecule is CCCNCc1ccccc1-c1cc(F)c(F)cc1Cl. The van der Waals surface area contributed by atoms with Crippen molar-refractivity contribution in [3.63, 3.8) is 0 Å². The van der Waals surface area contributed by atoms with Crippen molar-refractivity contribution < 1.29 is 8.78 Å². The minimum Gasteiger partial charge on any atom is -0.313 e. The Labute approximate surface area is 122 Å². The van der Waals surface area contributed by atoms with Crippen molar-refractivity contribution in [3.05, 3.63) is 58.6 Å². The summed E-state index contributed by atoms with van der Waals surface area (Å²) in [7, 11) is 0. The fourth-order valence-corrected chi connectivity index (χ4v) is 2.32. The lowest BCUT2D eigenvalue weighted by molar-refractivity contribution is 0.509. The molecule has 0 spiro atoms. The highest BCUT2D eigenvalue weighted by Crippen LogP contribution is 2.32. The summed E-state index contributed by atoms with van der Waals surface area (Å²) in [5, 5.41) is 3.51. The van der Waals surface area contributed by atoms with Gasteiger partial charge in [0.15, 0.2) is 11.6 Å². The van der Waals surface area contributed by atoms with Crippen LogP contribution in [0.1, 0.15) is 18.9 Å². The summed E-state index contributed by atoms with van der Waals surface area (Å²) in [4.78, 5) is 0. The van der Waals surface area contributed by atoms with Crippen LogP contribution in [0.2, 0.25) is 5.02 Å². The van der Waals surface area contributed by atoms with E-state index in [9.17, 15) is 8.78 Å². The van der Waals surface area contributed by atoms with E-state index in [2.05, 4.69) is 12.2 Å². The van der Waals surface area contributed by atoms with Crippen LogP contribution in [-0.4, -0.2) is 6.54 Å². The summed E-state index contributed by atoms with van der Waals surface area (Å²) in [5.41, 5.74) is 2.34. The molecule has 0 bridgehead atoms. The number of halogens is 3. The lowest BCUT2D eigenvalue weighted by atomic mass is 9.99. The Morgan fingerprint density at radius 2 is 1.75 bits per heavy atom. The summed E-state index contributed by atoms with van der Waals surface area (Å²) >= 11 is 6.04. The van der Waals surface area contributed by atoms with E-state index in [4.69, 9.17) is 11.6 Å². The third-order valence-electron chi connectivity index (χ3n) is 3.06. The van der Waals surface area contributed by atoms with Crippen molar-refractivity contribution in [2.75, 3.05) is 6.54 Å². The van der Waals surface area contributed by atoms with E-state index in [0.717, 1.165) is 36.2 Å². The number of benzene rings is 2. The topological polar surface area (TPSA) is 12.0 Å². The molecule has 0 fully saturated rings. The van der Waals surface area contributed by atoms with Crippen molar-refractivity contribution in [1.29, 1.82) is 0 Å². The summed E-state index contributed by atoms with van der Waals surface area (Å²) in [6.45, 7) is 3.66. The van der Waals surface area contributed by atoms with Gasteiger partial charge < -0.3 is 5.32 Å². The van der Waals surface area contributed by atoms with Gasteiger partial charge in [-0.25, -0.2) is 8.78 Å². The molecule has 0 atom stereocenters. The van der Waals surface area contributed by atoms with E-state index in [0.29, 0.717) is 12.1 Å². The van der Waals surface area contributed by atoms with Gasteiger partial charge in [-0.3, -0.25) is 0 Å². The van der Waals surface area contributed by atoms with Crippen molar-refractivity contribution in [1.82, 2.24) is 5.32 Å². The number of rotatable bonds is 5. The Morgan fingerprint density at radius 3 is 2.50 bits per heavy atom. The van der Waals surface area contributed by atoms with Gasteiger partial charge >= 0.3 is 0 Å². The quantitative estimate of drug-likeness (QED) is 0.618. The van der Waals surface area contributed by atoms with Gasteiger partial charge in [0.05, 0.1) is 5.02 Å². The highest BCUT2D eigenvalue weighted by atomic mass is 35.5. The Balaban J connectivity index is 2.39. The van der Waals surface area contributed by atoms with Crippen LogP contribution in [0.25, 0.3) is 11.1 Å². The standard InChI is InChI=1S/C16H16ClF2N/c1-2-7-20-10-11-5-3-4-6-12(11)13-8-15(18)16(19)9-14(13)17/h3-6,8-9,20H,2,7,10H2,1H3. The van der Waals surface area contributed by atoms with Gasteiger partial charge in [0, 0.05) is 12.1 Å². The first kappa shape index (κ1) is 14.9. The number of hydrogen-bond donors (Lipinski definition) is 1. The van der Waals surface area contributed by atoms with Gasteiger partial charge in [0.1, 0.15) is 0 Å². The predicted octanol–water partition coefficient (Wildman–Crippen LogP) is 4.78. The maximum atomic E-state index is 13.4. The Hall–Kier alpha value is -1.45. The molecule has 0 radical (unpaired) electrons. The average molecular weight is 296 g/mol. The number of hydrogen-bond acceptors (Lipinski definition) is 1. The molecule has 0 unspecified atom stereocenters. The molecule has 0 aliphatic carbocycles. The van der Waals surface area contributed by atoms with Gasteiger partial charge in [-0.1, -0.05) is 42.8 Å². The molecular weight excluding hydrogens is 280 g/mol. The second-order valence-electron chi connectivity index (χ2n) is 4.58. The third kappa shape index (κ3) is 3.35. The summed E-state index contributed by atoms with van der Waals surface area (Å²) in [6, 6.07) is 9.76. The van der Waals surface area contributed by atoms with E-state index in [1.807, 2.05) is 24.3 Å². The highest BCUT2D eigenvalue weighted by molar-refractivity contribution is 6.33. The molecule has 0 heterocycles. The first-order valence-corrected chi connectivity index (χ1v) is 6.94. The molecular formula is C16H16ClF2N. The van der Waals surface area contributed by atoms with Gasteiger partial charge in [-0.2, -0.15) is 0 Å². The predicted molar refractivity (Wildman–Crippen MR) is 78.8 cm³/mol. The van der Waals surface area contributed by atoms with E-state index < -0.39 is 11.6 Å². The van der Waals surface area contributed by atoms with Crippen LogP contribution < -0.4 is 5.32 Å². The second kappa shape index (κ2) is 6.82. The van der Waals surface area contributed by atoms with E-state index >= 15 is 0 Å². The molecule has 0 saturated carbocycles. The zero-order valence-corrected chi connectivity index (χ0v) is 12.0. The minimum absolute atomic E-state index is 0.215. The maximum Gasteiger partial charge on any atom is 0.160 e. The fourth-order valence-electron chi connectivity index (χ4n) is 2.07. The van der Waals surface area contributed by atoms with E-state index in [1.54, 1.807) is 0 Å². The molecule has 106 valence electrons. The Morgan fingerprint density at radius 1 is 1.05 bits per heavy atom. The Kier molecular flexibility index (Phi) is 5.10. The molecule has 20 heavy (non-hydrogen) atoms. The first-order chi connectivity index (χ1) is 9.63. The normalized spacial score (nSPS) is 10.8. The summed E-state index contributed by atoms with van der Waals surface area (Å²) in [6.07, 6.45) is 1.04. The van der Waals surface area contributed by atoms with Gasteiger partial charge in [-0.15, -0.1) is 0 Å². The third-order valence-corrected chi connectivity index (χ3v) is 3.37. The highest BCUT2D eigenvalue weighted by Gasteiger charge is 2.12. The van der Waals surface area contributed by atoms with Gasteiger partial charge in [0.25, 0.3) is 0 Å². The maximum absolute atomic E-state index is 13.4. The van der Waals surface area contributed by atoms with Crippen LogP contribution in [0.5, 0.6) is 0 Å². The van der Waals surface area contributed by atoms with Crippen molar-refractivity contribution >= 4 is 11.6 Å².